The lowest BCUT2D eigenvalue weighted by atomic mass is 9.86. The van der Waals surface area contributed by atoms with Crippen LogP contribution in [0.4, 0.5) is 23.7 Å². The molecule has 2 unspecified atom stereocenters. The number of nitrogens with one attached hydrogen (secondary N) is 3. The molecule has 0 saturated heterocycles. The van der Waals surface area contributed by atoms with Crippen LogP contribution in [0.1, 0.15) is 46.6 Å². The van der Waals surface area contributed by atoms with E-state index in [-0.39, 0.29) is 18.0 Å². The second kappa shape index (κ2) is 9.82. The first-order valence-electron chi connectivity index (χ1n) is 9.39. The van der Waals surface area contributed by atoms with Crippen molar-refractivity contribution in [3.63, 3.8) is 0 Å². The van der Waals surface area contributed by atoms with Gasteiger partial charge < -0.3 is 21.1 Å². The largest absolute Gasteiger partial charge is 0.480 e. The first-order valence-corrected chi connectivity index (χ1v) is 9.39. The number of urea groups is 1. The standard InChI is InChI=1S/C20H28F3N3O4/c1-11(2)10-14(16(27)26-15(17(28)29)19(3,4)5)25-18(30)24-13-8-6-12(7-9-13)20(21,22)23/h6-9,11,14-15H,10H2,1-5H3,(H,26,27)(H,28,29)(H2,24,25,30). The molecule has 0 saturated carbocycles. The average molecular weight is 431 g/mol. The minimum Gasteiger partial charge on any atom is -0.480 e. The van der Waals surface area contributed by atoms with Gasteiger partial charge in [-0.25, -0.2) is 9.59 Å². The molecule has 1 aromatic rings. The molecule has 0 aliphatic carbocycles. The molecule has 0 radical (unpaired) electrons. The van der Waals surface area contributed by atoms with Gasteiger partial charge in [0.25, 0.3) is 0 Å². The molecule has 1 aromatic carbocycles. The number of rotatable bonds is 7. The molecular weight excluding hydrogens is 403 g/mol. The fourth-order valence-electron chi connectivity index (χ4n) is 2.66. The zero-order valence-electron chi connectivity index (χ0n) is 17.6. The highest BCUT2D eigenvalue weighted by molar-refractivity contribution is 5.94. The van der Waals surface area contributed by atoms with Crippen LogP contribution in [0.15, 0.2) is 24.3 Å². The third kappa shape index (κ3) is 7.92. The van der Waals surface area contributed by atoms with Crippen molar-refractivity contribution in [3.05, 3.63) is 29.8 Å². The highest BCUT2D eigenvalue weighted by Crippen LogP contribution is 2.29. The van der Waals surface area contributed by atoms with Gasteiger partial charge >= 0.3 is 18.2 Å². The Morgan fingerprint density at radius 2 is 1.53 bits per heavy atom. The Balaban J connectivity index is 2.87. The molecule has 10 heteroatoms. The highest BCUT2D eigenvalue weighted by Gasteiger charge is 2.35. The van der Waals surface area contributed by atoms with Gasteiger partial charge in [0.15, 0.2) is 0 Å². The van der Waals surface area contributed by atoms with E-state index in [0.717, 1.165) is 24.3 Å². The third-order valence-corrected chi connectivity index (χ3v) is 4.20. The maximum Gasteiger partial charge on any atom is 0.416 e. The number of carboxylic acids is 1. The van der Waals surface area contributed by atoms with Gasteiger partial charge in [0.1, 0.15) is 12.1 Å². The zero-order chi connectivity index (χ0) is 23.3. The maximum atomic E-state index is 12.6. The van der Waals surface area contributed by atoms with Crippen molar-refractivity contribution >= 4 is 23.6 Å². The smallest absolute Gasteiger partial charge is 0.416 e. The third-order valence-electron chi connectivity index (χ3n) is 4.20. The van der Waals surface area contributed by atoms with Gasteiger partial charge in [-0.3, -0.25) is 4.79 Å². The SMILES string of the molecule is CC(C)CC(NC(=O)Nc1ccc(C(F)(F)F)cc1)C(=O)NC(C(=O)O)C(C)(C)C. The molecule has 0 fully saturated rings. The minimum atomic E-state index is -4.49. The van der Waals surface area contributed by atoms with E-state index in [1.807, 2.05) is 13.8 Å². The van der Waals surface area contributed by atoms with Gasteiger partial charge in [0, 0.05) is 5.69 Å². The molecule has 0 bridgehead atoms. The van der Waals surface area contributed by atoms with E-state index in [9.17, 15) is 32.7 Å². The number of alkyl halides is 3. The van der Waals surface area contributed by atoms with Gasteiger partial charge in [-0.1, -0.05) is 34.6 Å². The molecule has 4 N–H and O–H groups in total. The lowest BCUT2D eigenvalue weighted by Gasteiger charge is -2.30. The fraction of sp³-hybridized carbons (Fsp3) is 0.550. The summed E-state index contributed by atoms with van der Waals surface area (Å²) in [5.41, 5.74) is -1.50. The molecule has 7 nitrogen and oxygen atoms in total. The Morgan fingerprint density at radius 1 is 1.00 bits per heavy atom. The molecule has 0 heterocycles. The number of amides is 3. The van der Waals surface area contributed by atoms with E-state index in [2.05, 4.69) is 16.0 Å². The Bertz CT molecular complexity index is 756. The summed E-state index contributed by atoms with van der Waals surface area (Å²) in [6, 6.07) is 0.866. The number of carboxylic acid groups (broad SMARTS) is 1. The number of hydrogen-bond donors (Lipinski definition) is 4. The van der Waals surface area contributed by atoms with Crippen LogP contribution in [0, 0.1) is 11.3 Å². The molecule has 0 aromatic heterocycles. The van der Waals surface area contributed by atoms with Gasteiger partial charge in [-0.15, -0.1) is 0 Å². The number of benzene rings is 1. The summed E-state index contributed by atoms with van der Waals surface area (Å²) in [5, 5.41) is 16.7. The van der Waals surface area contributed by atoms with Crippen LogP contribution in [-0.4, -0.2) is 35.1 Å². The van der Waals surface area contributed by atoms with E-state index < -0.39 is 47.1 Å². The number of carbonyl (C=O) groups excluding carboxylic acids is 2. The van der Waals surface area contributed by atoms with E-state index in [1.54, 1.807) is 20.8 Å². The van der Waals surface area contributed by atoms with Crippen molar-refractivity contribution in [3.8, 4) is 0 Å². The Morgan fingerprint density at radius 3 is 1.93 bits per heavy atom. The monoisotopic (exact) mass is 431 g/mol. The van der Waals surface area contributed by atoms with Gasteiger partial charge in [0.05, 0.1) is 5.56 Å². The van der Waals surface area contributed by atoms with Gasteiger partial charge in [-0.05, 0) is 42.0 Å². The summed E-state index contributed by atoms with van der Waals surface area (Å²) in [7, 11) is 0. The summed E-state index contributed by atoms with van der Waals surface area (Å²) in [6.45, 7) is 8.64. The maximum absolute atomic E-state index is 12.6. The predicted octanol–water partition coefficient (Wildman–Crippen LogP) is 3.86. The topological polar surface area (TPSA) is 108 Å². The molecule has 30 heavy (non-hydrogen) atoms. The van der Waals surface area contributed by atoms with E-state index in [4.69, 9.17) is 0 Å². The van der Waals surface area contributed by atoms with Crippen molar-refractivity contribution < 1.29 is 32.7 Å². The van der Waals surface area contributed by atoms with Crippen LogP contribution in [0.25, 0.3) is 0 Å². The highest BCUT2D eigenvalue weighted by atomic mass is 19.4. The first-order chi connectivity index (χ1) is 13.6. The predicted molar refractivity (Wildman–Crippen MR) is 106 cm³/mol. The second-order valence-electron chi connectivity index (χ2n) is 8.50. The number of aliphatic carboxylic acids is 1. The van der Waals surface area contributed by atoms with Crippen LogP contribution < -0.4 is 16.0 Å². The van der Waals surface area contributed by atoms with Crippen LogP contribution >= 0.6 is 0 Å². The Kier molecular flexibility index (Phi) is 8.26. The van der Waals surface area contributed by atoms with E-state index in [0.29, 0.717) is 0 Å². The van der Waals surface area contributed by atoms with Crippen molar-refractivity contribution in [2.45, 2.75) is 59.3 Å². The zero-order valence-corrected chi connectivity index (χ0v) is 17.6. The molecule has 1 rings (SSSR count). The van der Waals surface area contributed by atoms with Crippen molar-refractivity contribution in [1.82, 2.24) is 10.6 Å². The second-order valence-corrected chi connectivity index (χ2v) is 8.50. The molecule has 2 atom stereocenters. The van der Waals surface area contributed by atoms with Crippen LogP contribution in [0.5, 0.6) is 0 Å². The number of hydrogen-bond acceptors (Lipinski definition) is 3. The Hall–Kier alpha value is -2.78. The minimum absolute atomic E-state index is 0.00466. The van der Waals surface area contributed by atoms with Crippen molar-refractivity contribution in [2.24, 2.45) is 11.3 Å². The summed E-state index contributed by atoms with van der Waals surface area (Å²) in [4.78, 5) is 36.4. The lowest BCUT2D eigenvalue weighted by molar-refractivity contribution is -0.145. The summed E-state index contributed by atoms with van der Waals surface area (Å²) < 4.78 is 37.9. The average Bonchev–Trinajstić information content (AvgIpc) is 2.56. The summed E-state index contributed by atoms with van der Waals surface area (Å²) in [5.74, 6) is -1.85. The summed E-state index contributed by atoms with van der Waals surface area (Å²) in [6.07, 6.45) is -4.25. The quantitative estimate of drug-likeness (QED) is 0.526. The van der Waals surface area contributed by atoms with E-state index in [1.165, 1.54) is 0 Å². The molecule has 3 amide bonds. The Labute approximate surface area is 173 Å². The summed E-state index contributed by atoms with van der Waals surface area (Å²) >= 11 is 0. The molecule has 0 spiro atoms. The molecule has 168 valence electrons. The van der Waals surface area contributed by atoms with Crippen molar-refractivity contribution in [1.29, 1.82) is 0 Å². The van der Waals surface area contributed by atoms with E-state index >= 15 is 0 Å². The number of halogens is 3. The normalized spacial score (nSPS) is 14.0. The van der Waals surface area contributed by atoms with Gasteiger partial charge in [-0.2, -0.15) is 13.2 Å². The molecular formula is C20H28F3N3O4. The number of anilines is 1. The van der Waals surface area contributed by atoms with Crippen LogP contribution in [0.2, 0.25) is 0 Å². The van der Waals surface area contributed by atoms with Gasteiger partial charge in [0.2, 0.25) is 5.91 Å². The van der Waals surface area contributed by atoms with Crippen molar-refractivity contribution in [2.75, 3.05) is 5.32 Å². The van der Waals surface area contributed by atoms with Crippen LogP contribution in [0.3, 0.4) is 0 Å². The molecule has 0 aliphatic heterocycles. The first kappa shape index (κ1) is 25.3. The lowest BCUT2D eigenvalue weighted by Crippen LogP contribution is -2.56. The number of carbonyl (C=O) groups is 3. The fourth-order valence-corrected chi connectivity index (χ4v) is 2.66. The molecule has 0 aliphatic rings. The van der Waals surface area contributed by atoms with Crippen LogP contribution in [-0.2, 0) is 15.8 Å².